The van der Waals surface area contributed by atoms with E-state index in [1.54, 1.807) is 0 Å². The van der Waals surface area contributed by atoms with Crippen molar-refractivity contribution >= 4 is 15.9 Å². The Bertz CT molecular complexity index is 595. The summed E-state index contributed by atoms with van der Waals surface area (Å²) in [4.78, 5) is 0. The van der Waals surface area contributed by atoms with Crippen molar-refractivity contribution in [1.82, 2.24) is 0 Å². The lowest BCUT2D eigenvalue weighted by atomic mass is 10.2. The fourth-order valence-corrected chi connectivity index (χ4v) is 2.04. The zero-order chi connectivity index (χ0) is 15.2. The first-order valence-electron chi connectivity index (χ1n) is 6.05. The number of aliphatic hydroxyl groups excluding tert-OH is 1. The highest BCUT2D eigenvalue weighted by molar-refractivity contribution is 7.90. The van der Waals surface area contributed by atoms with E-state index in [1.807, 2.05) is 17.7 Å². The van der Waals surface area contributed by atoms with Gasteiger partial charge in [-0.2, -0.15) is 13.7 Å². The van der Waals surface area contributed by atoms with Crippen molar-refractivity contribution < 1.29 is 18.3 Å². The third-order valence-electron chi connectivity index (χ3n) is 2.46. The molecule has 110 valence electrons. The highest BCUT2D eigenvalue weighted by Crippen LogP contribution is 2.27. The van der Waals surface area contributed by atoms with Crippen molar-refractivity contribution in [2.45, 2.75) is 32.5 Å². The van der Waals surface area contributed by atoms with Crippen LogP contribution in [0.5, 0.6) is 5.75 Å². The summed E-state index contributed by atoms with van der Waals surface area (Å²) in [5.41, 5.74) is -0.0211. The summed E-state index contributed by atoms with van der Waals surface area (Å²) in [5, 5.41) is 23.6. The van der Waals surface area contributed by atoms with Crippen LogP contribution < -0.4 is 14.6 Å². The maximum Gasteiger partial charge on any atom is 0.296 e. The molecule has 0 saturated heterocycles. The van der Waals surface area contributed by atoms with Crippen LogP contribution in [-0.4, -0.2) is 19.8 Å². The minimum absolute atomic E-state index is 0.00944. The van der Waals surface area contributed by atoms with Crippen LogP contribution >= 0.6 is 0 Å². The Morgan fingerprint density at radius 2 is 2.25 bits per heavy atom. The van der Waals surface area contributed by atoms with Crippen LogP contribution in [0, 0.1) is 11.3 Å². The minimum atomic E-state index is -3.99. The zero-order valence-corrected chi connectivity index (χ0v) is 11.9. The lowest BCUT2D eigenvalue weighted by molar-refractivity contribution is -0.0244. The molecule has 1 unspecified atom stereocenters. The van der Waals surface area contributed by atoms with Gasteiger partial charge >= 0.3 is 0 Å². The molecule has 0 radical (unpaired) electrons. The molecule has 0 aliphatic carbocycles. The van der Waals surface area contributed by atoms with E-state index in [0.29, 0.717) is 6.42 Å². The van der Waals surface area contributed by atoms with Gasteiger partial charge in [-0.25, -0.2) is 5.14 Å². The molecule has 4 N–H and O–H groups in total. The van der Waals surface area contributed by atoms with Gasteiger partial charge in [-0.05, 0) is 18.6 Å². The van der Waals surface area contributed by atoms with E-state index < -0.39 is 16.5 Å². The van der Waals surface area contributed by atoms with Gasteiger partial charge in [-0.15, -0.1) is 0 Å². The topological polar surface area (TPSA) is 125 Å². The predicted molar refractivity (Wildman–Crippen MR) is 74.0 cm³/mol. The largest absolute Gasteiger partial charge is 0.464 e. The number of nitrogens with zero attached hydrogens (tertiary/aromatic N) is 1. The molecule has 1 atom stereocenters. The number of nitriles is 1. The maximum absolute atomic E-state index is 11.0. The Morgan fingerprint density at radius 1 is 1.55 bits per heavy atom. The minimum Gasteiger partial charge on any atom is -0.464 e. The lowest BCUT2D eigenvalue weighted by Crippen LogP contribution is -2.22. The first kappa shape index (κ1) is 16.2. The summed E-state index contributed by atoms with van der Waals surface area (Å²) in [6.45, 7) is 1.98. The Kier molecular flexibility index (Phi) is 5.76. The third kappa shape index (κ3) is 5.05. The highest BCUT2D eigenvalue weighted by Gasteiger charge is 2.15. The summed E-state index contributed by atoms with van der Waals surface area (Å²) in [5.74, 6) is 0.102. The van der Waals surface area contributed by atoms with Crippen LogP contribution in [-0.2, 0) is 10.2 Å². The van der Waals surface area contributed by atoms with Gasteiger partial charge < -0.3 is 9.84 Å². The number of anilines is 1. The summed E-state index contributed by atoms with van der Waals surface area (Å²) in [7, 11) is -3.99. The van der Waals surface area contributed by atoms with Gasteiger partial charge in [0.25, 0.3) is 10.2 Å². The van der Waals surface area contributed by atoms with Crippen LogP contribution in [0.3, 0.4) is 0 Å². The Labute approximate surface area is 118 Å². The molecule has 8 heteroatoms. The van der Waals surface area contributed by atoms with E-state index in [0.717, 1.165) is 12.8 Å². The average Bonchev–Trinajstić information content (AvgIpc) is 2.35. The predicted octanol–water partition coefficient (Wildman–Crippen LogP) is 1.06. The smallest absolute Gasteiger partial charge is 0.296 e. The molecular weight excluding hydrogens is 282 g/mol. The van der Waals surface area contributed by atoms with Crippen LogP contribution in [0.15, 0.2) is 18.2 Å². The fourth-order valence-electron chi connectivity index (χ4n) is 1.57. The summed E-state index contributed by atoms with van der Waals surface area (Å²) >= 11 is 0. The standard InChI is InChI=1S/C12H17N3O4S/c1-2-3-7-12(16)19-11-6-4-5-10(9(11)8-13)15-20(14,17)18/h4-6,12,15-16H,2-3,7H2,1H3,(H2,14,17,18). The highest BCUT2D eigenvalue weighted by atomic mass is 32.2. The van der Waals surface area contributed by atoms with Gasteiger partial charge in [0.15, 0.2) is 6.29 Å². The second-order valence-electron chi connectivity index (χ2n) is 4.15. The monoisotopic (exact) mass is 299 g/mol. The van der Waals surface area contributed by atoms with Crippen molar-refractivity contribution in [2.24, 2.45) is 5.14 Å². The molecule has 1 aromatic carbocycles. The molecule has 20 heavy (non-hydrogen) atoms. The molecule has 0 aliphatic heterocycles. The number of hydrogen-bond acceptors (Lipinski definition) is 5. The normalized spacial score (nSPS) is 12.5. The number of rotatable bonds is 7. The molecule has 1 aromatic rings. The summed E-state index contributed by atoms with van der Waals surface area (Å²) in [6, 6.07) is 6.18. The van der Waals surface area contributed by atoms with E-state index in [1.165, 1.54) is 18.2 Å². The number of hydrogen-bond donors (Lipinski definition) is 3. The molecule has 0 aliphatic rings. The zero-order valence-electron chi connectivity index (χ0n) is 11.0. The number of nitrogens with two attached hydrogens (primary N) is 1. The molecule has 0 bridgehead atoms. The molecule has 0 heterocycles. The quantitative estimate of drug-likeness (QED) is 0.649. The SMILES string of the molecule is CCCCC(O)Oc1cccc(NS(N)(=O)=O)c1C#N. The molecule has 1 rings (SSSR count). The lowest BCUT2D eigenvalue weighted by Gasteiger charge is -2.15. The number of nitrogens with one attached hydrogen (secondary N) is 1. The number of aliphatic hydroxyl groups is 1. The van der Waals surface area contributed by atoms with Gasteiger partial charge in [0, 0.05) is 6.42 Å². The molecule has 7 nitrogen and oxygen atoms in total. The van der Waals surface area contributed by atoms with E-state index in [9.17, 15) is 13.5 Å². The number of ether oxygens (including phenoxy) is 1. The second-order valence-corrected chi connectivity index (χ2v) is 5.45. The van der Waals surface area contributed by atoms with Crippen molar-refractivity contribution in [3.05, 3.63) is 23.8 Å². The van der Waals surface area contributed by atoms with Crippen molar-refractivity contribution in [3.63, 3.8) is 0 Å². The van der Waals surface area contributed by atoms with E-state index in [-0.39, 0.29) is 17.0 Å². The van der Waals surface area contributed by atoms with Gasteiger partial charge in [-0.1, -0.05) is 19.4 Å². The summed E-state index contributed by atoms with van der Waals surface area (Å²) in [6.07, 6.45) is 1.05. The van der Waals surface area contributed by atoms with Crippen molar-refractivity contribution in [2.75, 3.05) is 4.72 Å². The first-order chi connectivity index (χ1) is 9.37. The summed E-state index contributed by atoms with van der Waals surface area (Å²) < 4.78 is 29.3. The van der Waals surface area contributed by atoms with Crippen molar-refractivity contribution in [1.29, 1.82) is 5.26 Å². The average molecular weight is 299 g/mol. The molecule has 0 amide bonds. The van der Waals surface area contributed by atoms with Gasteiger partial charge in [0.2, 0.25) is 0 Å². The molecule has 0 aromatic heterocycles. The van der Waals surface area contributed by atoms with Gasteiger partial charge in [-0.3, -0.25) is 4.72 Å². The molecular formula is C12H17N3O4S. The van der Waals surface area contributed by atoms with Crippen molar-refractivity contribution in [3.8, 4) is 11.8 Å². The first-order valence-corrected chi connectivity index (χ1v) is 7.60. The van der Waals surface area contributed by atoms with Gasteiger partial charge in [0.05, 0.1) is 5.69 Å². The van der Waals surface area contributed by atoms with Crippen LogP contribution in [0.2, 0.25) is 0 Å². The number of unbranched alkanes of at least 4 members (excludes halogenated alkanes) is 1. The molecule has 0 saturated carbocycles. The van der Waals surface area contributed by atoms with Crippen LogP contribution in [0.1, 0.15) is 31.7 Å². The Balaban J connectivity index is 2.98. The number of benzene rings is 1. The van der Waals surface area contributed by atoms with E-state index in [2.05, 4.69) is 0 Å². The molecule has 0 spiro atoms. The Hall–Kier alpha value is -1.82. The molecule has 0 fully saturated rings. The van der Waals surface area contributed by atoms with E-state index in [4.69, 9.17) is 15.1 Å². The van der Waals surface area contributed by atoms with Crippen LogP contribution in [0.25, 0.3) is 0 Å². The third-order valence-corrected chi connectivity index (χ3v) is 2.96. The van der Waals surface area contributed by atoms with E-state index >= 15 is 0 Å². The van der Waals surface area contributed by atoms with Gasteiger partial charge in [0.1, 0.15) is 17.4 Å². The maximum atomic E-state index is 11.0. The fraction of sp³-hybridized carbons (Fsp3) is 0.417. The second kappa shape index (κ2) is 7.09. The Morgan fingerprint density at radius 3 is 2.80 bits per heavy atom. The van der Waals surface area contributed by atoms with Crippen LogP contribution in [0.4, 0.5) is 5.69 Å².